The summed E-state index contributed by atoms with van der Waals surface area (Å²) in [5.74, 6) is -0.736. The quantitative estimate of drug-likeness (QED) is 0.279. The molecule has 0 radical (unpaired) electrons. The van der Waals surface area contributed by atoms with Gasteiger partial charge in [0.15, 0.2) is 6.19 Å². The molecular weight excluding hydrogens is 444 g/mol. The highest BCUT2D eigenvalue weighted by atomic mass is 16.2. The minimum Gasteiger partial charge on any atom is -0.361 e. The molecule has 2 aromatic carbocycles. The fourth-order valence-corrected chi connectivity index (χ4v) is 3.75. The van der Waals surface area contributed by atoms with Crippen LogP contribution in [0, 0.1) is 17.4 Å². The minimum absolute atomic E-state index is 0.150. The van der Waals surface area contributed by atoms with Crippen LogP contribution in [0.25, 0.3) is 10.9 Å². The third-order valence-electron chi connectivity index (χ3n) is 5.55. The molecule has 9 nitrogen and oxygen atoms in total. The average Bonchev–Trinajstić information content (AvgIpc) is 3.26. The number of rotatable bonds is 9. The van der Waals surface area contributed by atoms with Gasteiger partial charge in [-0.15, -0.1) is 0 Å². The van der Waals surface area contributed by atoms with E-state index in [-0.39, 0.29) is 11.9 Å². The number of anilines is 1. The van der Waals surface area contributed by atoms with E-state index in [1.807, 2.05) is 44.3 Å². The van der Waals surface area contributed by atoms with Crippen LogP contribution in [0.3, 0.4) is 0 Å². The van der Waals surface area contributed by atoms with Gasteiger partial charge in [0, 0.05) is 41.9 Å². The van der Waals surface area contributed by atoms with Crippen LogP contribution in [0.15, 0.2) is 54.7 Å². The molecule has 182 valence electrons. The first-order chi connectivity index (χ1) is 16.8. The number of carbonyl (C=O) groups excluding carboxylic acids is 3. The highest BCUT2D eigenvalue weighted by Crippen LogP contribution is 2.18. The molecule has 0 aliphatic rings. The van der Waals surface area contributed by atoms with E-state index in [0.29, 0.717) is 30.6 Å². The highest BCUT2D eigenvalue weighted by molar-refractivity contribution is 5.98. The van der Waals surface area contributed by atoms with Gasteiger partial charge in [-0.1, -0.05) is 32.0 Å². The Balaban J connectivity index is 1.51. The van der Waals surface area contributed by atoms with Crippen LogP contribution in [0.1, 0.15) is 36.2 Å². The number of H-pyrrole nitrogens is 1. The molecule has 3 rings (SSSR count). The number of aromatic amines is 1. The van der Waals surface area contributed by atoms with Gasteiger partial charge in [-0.2, -0.15) is 5.26 Å². The number of nitrogens with zero attached hydrogens (tertiary/aromatic N) is 2. The normalized spacial score (nSPS) is 11.5. The Bertz CT molecular complexity index is 1230. The van der Waals surface area contributed by atoms with Crippen molar-refractivity contribution in [3.63, 3.8) is 0 Å². The van der Waals surface area contributed by atoms with Crippen molar-refractivity contribution in [1.82, 2.24) is 20.5 Å². The summed E-state index contributed by atoms with van der Waals surface area (Å²) >= 11 is 0. The van der Waals surface area contributed by atoms with Crippen molar-refractivity contribution in [2.24, 2.45) is 5.92 Å². The molecule has 4 amide bonds. The summed E-state index contributed by atoms with van der Waals surface area (Å²) in [6, 6.07) is 13.2. The minimum atomic E-state index is -0.798. The fraction of sp³-hybridized carbons (Fsp3) is 0.308. The van der Waals surface area contributed by atoms with Gasteiger partial charge in [0.05, 0.1) is 0 Å². The first-order valence-electron chi connectivity index (χ1n) is 11.5. The molecule has 35 heavy (non-hydrogen) atoms. The Kier molecular flexibility index (Phi) is 8.46. The second-order valence-corrected chi connectivity index (χ2v) is 8.72. The Hall–Kier alpha value is -4.32. The van der Waals surface area contributed by atoms with Crippen molar-refractivity contribution >= 4 is 34.4 Å². The standard InChI is InChI=1S/C26H30N6O3/c1-17(2)14-23(25(34)32(3)16-27)31-24(33)18-8-10-20(11-9-18)30-26(35)28-13-12-19-15-29-22-7-5-4-6-21(19)22/h4-11,15,17,23,29H,12-14H2,1-3H3,(H,31,33)(H2,28,30,35). The molecule has 0 fully saturated rings. The van der Waals surface area contributed by atoms with Crippen molar-refractivity contribution in [2.45, 2.75) is 32.7 Å². The third kappa shape index (κ3) is 6.84. The first-order valence-corrected chi connectivity index (χ1v) is 11.5. The lowest BCUT2D eigenvalue weighted by Gasteiger charge is -2.21. The third-order valence-corrected chi connectivity index (χ3v) is 5.55. The van der Waals surface area contributed by atoms with E-state index in [0.717, 1.165) is 21.4 Å². The number of nitrogens with one attached hydrogen (secondary N) is 4. The summed E-state index contributed by atoms with van der Waals surface area (Å²) < 4.78 is 0. The van der Waals surface area contributed by atoms with Crippen LogP contribution in [-0.2, 0) is 11.2 Å². The molecule has 4 N–H and O–H groups in total. The number of nitriles is 1. The SMILES string of the molecule is CC(C)CC(NC(=O)c1ccc(NC(=O)NCCc2c[nH]c3ccccc23)cc1)C(=O)N(C)C#N. The van der Waals surface area contributed by atoms with Gasteiger partial charge in [-0.3, -0.25) is 14.5 Å². The zero-order valence-corrected chi connectivity index (χ0v) is 20.1. The van der Waals surface area contributed by atoms with Crippen LogP contribution >= 0.6 is 0 Å². The lowest BCUT2D eigenvalue weighted by molar-refractivity contribution is -0.129. The maximum Gasteiger partial charge on any atom is 0.319 e. The molecule has 0 aliphatic heterocycles. The summed E-state index contributed by atoms with van der Waals surface area (Å²) in [5.41, 5.74) is 3.07. The van der Waals surface area contributed by atoms with E-state index in [9.17, 15) is 14.4 Å². The number of carbonyl (C=O) groups is 3. The van der Waals surface area contributed by atoms with E-state index in [4.69, 9.17) is 5.26 Å². The number of aromatic nitrogens is 1. The van der Waals surface area contributed by atoms with E-state index in [2.05, 4.69) is 20.9 Å². The van der Waals surface area contributed by atoms with Gasteiger partial charge >= 0.3 is 6.03 Å². The van der Waals surface area contributed by atoms with Crippen molar-refractivity contribution < 1.29 is 14.4 Å². The molecule has 0 saturated carbocycles. The predicted molar refractivity (Wildman–Crippen MR) is 135 cm³/mol. The van der Waals surface area contributed by atoms with Gasteiger partial charge in [0.2, 0.25) is 0 Å². The van der Waals surface area contributed by atoms with E-state index in [1.165, 1.54) is 7.05 Å². The Morgan fingerprint density at radius 1 is 1.09 bits per heavy atom. The summed E-state index contributed by atoms with van der Waals surface area (Å²) in [4.78, 5) is 41.5. The molecular formula is C26H30N6O3. The van der Waals surface area contributed by atoms with Crippen molar-refractivity contribution in [3.05, 3.63) is 65.9 Å². The highest BCUT2D eigenvalue weighted by Gasteiger charge is 2.25. The zero-order valence-electron chi connectivity index (χ0n) is 20.1. The molecule has 0 spiro atoms. The van der Waals surface area contributed by atoms with Crippen LogP contribution in [0.5, 0.6) is 0 Å². The number of urea groups is 1. The van der Waals surface area contributed by atoms with Gasteiger partial charge in [-0.05, 0) is 54.7 Å². The smallest absolute Gasteiger partial charge is 0.319 e. The molecule has 0 aliphatic carbocycles. The van der Waals surface area contributed by atoms with Crippen molar-refractivity contribution in [3.8, 4) is 6.19 Å². The van der Waals surface area contributed by atoms with Gasteiger partial charge < -0.3 is 20.9 Å². The van der Waals surface area contributed by atoms with Crippen molar-refractivity contribution in [2.75, 3.05) is 18.9 Å². The molecule has 1 atom stereocenters. The molecule has 0 bridgehead atoms. The Morgan fingerprint density at radius 2 is 1.80 bits per heavy atom. The summed E-state index contributed by atoms with van der Waals surface area (Å²) in [5, 5.41) is 18.4. The second-order valence-electron chi connectivity index (χ2n) is 8.72. The maximum atomic E-state index is 12.7. The Labute approximate surface area is 204 Å². The summed E-state index contributed by atoms with van der Waals surface area (Å²) in [7, 11) is 1.37. The molecule has 9 heteroatoms. The monoisotopic (exact) mass is 474 g/mol. The number of hydrogen-bond acceptors (Lipinski definition) is 4. The van der Waals surface area contributed by atoms with E-state index in [1.54, 1.807) is 30.5 Å². The molecule has 1 heterocycles. The van der Waals surface area contributed by atoms with Gasteiger partial charge in [0.1, 0.15) is 6.04 Å². The topological polar surface area (TPSA) is 130 Å². The molecule has 1 aromatic heterocycles. The maximum absolute atomic E-state index is 12.7. The molecule has 0 saturated heterocycles. The lowest BCUT2D eigenvalue weighted by Crippen LogP contribution is -2.46. The number of likely N-dealkylation sites (N-methyl/N-ethyl adjacent to an activating group) is 1. The zero-order chi connectivity index (χ0) is 25.4. The van der Waals surface area contributed by atoms with Crippen LogP contribution in [0.2, 0.25) is 0 Å². The number of amides is 4. The van der Waals surface area contributed by atoms with E-state index >= 15 is 0 Å². The Morgan fingerprint density at radius 3 is 2.49 bits per heavy atom. The number of benzene rings is 2. The predicted octanol–water partition coefficient (Wildman–Crippen LogP) is 3.62. The van der Waals surface area contributed by atoms with Crippen LogP contribution in [-0.4, -0.2) is 47.4 Å². The second kappa shape index (κ2) is 11.7. The first kappa shape index (κ1) is 25.3. The van der Waals surface area contributed by atoms with Gasteiger partial charge in [-0.25, -0.2) is 4.79 Å². The summed E-state index contributed by atoms with van der Waals surface area (Å²) in [6.45, 7) is 4.34. The number of hydrogen-bond donors (Lipinski definition) is 4. The number of fused-ring (bicyclic) bond motifs is 1. The van der Waals surface area contributed by atoms with Gasteiger partial charge in [0.25, 0.3) is 11.8 Å². The van der Waals surface area contributed by atoms with Crippen molar-refractivity contribution in [1.29, 1.82) is 5.26 Å². The largest absolute Gasteiger partial charge is 0.361 e. The summed E-state index contributed by atoms with van der Waals surface area (Å²) in [6.07, 6.45) is 4.82. The lowest BCUT2D eigenvalue weighted by atomic mass is 10.0. The molecule has 3 aromatic rings. The fourth-order valence-electron chi connectivity index (χ4n) is 3.75. The van der Waals surface area contributed by atoms with Crippen LogP contribution in [0.4, 0.5) is 10.5 Å². The average molecular weight is 475 g/mol. The van der Waals surface area contributed by atoms with Crippen LogP contribution < -0.4 is 16.0 Å². The number of para-hydroxylation sites is 1. The molecule has 1 unspecified atom stereocenters. The van der Waals surface area contributed by atoms with E-state index < -0.39 is 17.9 Å².